The van der Waals surface area contributed by atoms with Crippen LogP contribution in [0.2, 0.25) is 0 Å². The van der Waals surface area contributed by atoms with E-state index in [1.54, 1.807) is 0 Å². The second kappa shape index (κ2) is 6.60. The predicted molar refractivity (Wildman–Crippen MR) is 59.1 cm³/mol. The highest BCUT2D eigenvalue weighted by atomic mass is 15.0. The molecular weight excluding hydrogens is 174 g/mol. The molecule has 0 aliphatic heterocycles. The Morgan fingerprint density at radius 3 is 2.86 bits per heavy atom. The van der Waals surface area contributed by atoms with Crippen molar-refractivity contribution in [3.63, 3.8) is 0 Å². The van der Waals surface area contributed by atoms with E-state index >= 15 is 0 Å². The summed E-state index contributed by atoms with van der Waals surface area (Å²) in [6.45, 7) is 5.36. The van der Waals surface area contributed by atoms with E-state index in [2.05, 4.69) is 29.1 Å². The molecule has 0 aromatic carbocycles. The van der Waals surface area contributed by atoms with Gasteiger partial charge in [0, 0.05) is 12.4 Å². The van der Waals surface area contributed by atoms with Crippen LogP contribution in [0.5, 0.6) is 0 Å². The van der Waals surface area contributed by atoms with Gasteiger partial charge in [-0.25, -0.2) is 4.98 Å². The Kier molecular flexibility index (Phi) is 5.30. The zero-order chi connectivity index (χ0) is 10.2. The van der Waals surface area contributed by atoms with Crippen molar-refractivity contribution in [1.29, 1.82) is 0 Å². The summed E-state index contributed by atoms with van der Waals surface area (Å²) in [6.07, 6.45) is 8.74. The fraction of sp³-hybridized carbons (Fsp3) is 0.727. The fourth-order valence-corrected chi connectivity index (χ4v) is 1.65. The van der Waals surface area contributed by atoms with Crippen LogP contribution in [0.15, 0.2) is 12.4 Å². The number of aromatic amines is 1. The third-order valence-corrected chi connectivity index (χ3v) is 2.40. The minimum Gasteiger partial charge on any atom is -0.347 e. The lowest BCUT2D eigenvalue weighted by molar-refractivity contribution is 0.469. The summed E-state index contributed by atoms with van der Waals surface area (Å²) in [5, 5.41) is 3.45. The van der Waals surface area contributed by atoms with E-state index in [4.69, 9.17) is 0 Å². The van der Waals surface area contributed by atoms with Gasteiger partial charge in [0.25, 0.3) is 0 Å². The molecule has 1 aromatic rings. The number of H-pyrrole nitrogens is 1. The van der Waals surface area contributed by atoms with Gasteiger partial charge < -0.3 is 10.3 Å². The zero-order valence-corrected chi connectivity index (χ0v) is 9.21. The topological polar surface area (TPSA) is 40.7 Å². The van der Waals surface area contributed by atoms with Crippen molar-refractivity contribution in [2.75, 3.05) is 6.54 Å². The van der Waals surface area contributed by atoms with E-state index in [0.717, 1.165) is 12.4 Å². The minimum atomic E-state index is 0.404. The van der Waals surface area contributed by atoms with Gasteiger partial charge in [-0.05, 0) is 13.0 Å². The molecule has 0 saturated heterocycles. The number of imidazole rings is 1. The summed E-state index contributed by atoms with van der Waals surface area (Å²) in [5.41, 5.74) is 0. The number of hydrogen-bond acceptors (Lipinski definition) is 2. The third-order valence-electron chi connectivity index (χ3n) is 2.40. The average Bonchev–Trinajstić information content (AvgIpc) is 2.70. The summed E-state index contributed by atoms with van der Waals surface area (Å²) < 4.78 is 0. The van der Waals surface area contributed by atoms with Crippen molar-refractivity contribution in [1.82, 2.24) is 15.3 Å². The highest BCUT2D eigenvalue weighted by molar-refractivity contribution is 4.95. The van der Waals surface area contributed by atoms with Crippen LogP contribution in [0.4, 0.5) is 0 Å². The van der Waals surface area contributed by atoms with Gasteiger partial charge in [-0.2, -0.15) is 0 Å². The number of nitrogens with zero attached hydrogens (tertiary/aromatic N) is 1. The van der Waals surface area contributed by atoms with Crippen molar-refractivity contribution >= 4 is 0 Å². The molecule has 1 aromatic heterocycles. The lowest BCUT2D eigenvalue weighted by Gasteiger charge is -2.14. The van der Waals surface area contributed by atoms with Crippen molar-refractivity contribution < 1.29 is 0 Å². The van der Waals surface area contributed by atoms with Crippen molar-refractivity contribution in [2.24, 2.45) is 0 Å². The van der Waals surface area contributed by atoms with Gasteiger partial charge in [-0.1, -0.05) is 33.1 Å². The standard InChI is InChI=1S/C11H21N3/c1-3-5-6-7-10(12-4-2)11-13-8-9-14-11/h8-10,12H,3-7H2,1-2H3,(H,13,14). The van der Waals surface area contributed by atoms with E-state index in [0.29, 0.717) is 6.04 Å². The quantitative estimate of drug-likeness (QED) is 0.657. The molecule has 14 heavy (non-hydrogen) atoms. The number of unbranched alkanes of at least 4 members (excludes halogenated alkanes) is 2. The fourth-order valence-electron chi connectivity index (χ4n) is 1.65. The minimum absolute atomic E-state index is 0.404. The van der Waals surface area contributed by atoms with Crippen LogP contribution in [0, 0.1) is 0 Å². The van der Waals surface area contributed by atoms with Crippen LogP contribution < -0.4 is 5.32 Å². The summed E-state index contributed by atoms with van der Waals surface area (Å²) >= 11 is 0. The van der Waals surface area contributed by atoms with Gasteiger partial charge >= 0.3 is 0 Å². The van der Waals surface area contributed by atoms with E-state index in [1.165, 1.54) is 25.7 Å². The molecule has 2 N–H and O–H groups in total. The van der Waals surface area contributed by atoms with Gasteiger partial charge in [-0.3, -0.25) is 0 Å². The number of hydrogen-bond donors (Lipinski definition) is 2. The first-order chi connectivity index (χ1) is 6.88. The van der Waals surface area contributed by atoms with Crippen molar-refractivity contribution in [2.45, 2.75) is 45.6 Å². The Balaban J connectivity index is 2.39. The van der Waals surface area contributed by atoms with Gasteiger partial charge in [0.2, 0.25) is 0 Å². The molecule has 1 rings (SSSR count). The largest absolute Gasteiger partial charge is 0.347 e. The van der Waals surface area contributed by atoms with Crippen LogP contribution >= 0.6 is 0 Å². The van der Waals surface area contributed by atoms with Gasteiger partial charge in [0.1, 0.15) is 5.82 Å². The molecule has 0 aliphatic carbocycles. The molecule has 80 valence electrons. The molecule has 0 fully saturated rings. The number of nitrogens with one attached hydrogen (secondary N) is 2. The van der Waals surface area contributed by atoms with Crippen LogP contribution in [0.3, 0.4) is 0 Å². The molecule has 1 heterocycles. The first kappa shape index (κ1) is 11.2. The second-order valence-corrected chi connectivity index (χ2v) is 3.58. The Hall–Kier alpha value is -0.830. The van der Waals surface area contributed by atoms with Crippen LogP contribution in [-0.4, -0.2) is 16.5 Å². The van der Waals surface area contributed by atoms with Crippen LogP contribution in [0.1, 0.15) is 51.4 Å². The first-order valence-electron chi connectivity index (χ1n) is 5.61. The molecule has 0 amide bonds. The smallest absolute Gasteiger partial charge is 0.123 e. The molecule has 3 heteroatoms. The Bertz CT molecular complexity index is 218. The molecule has 0 radical (unpaired) electrons. The molecule has 1 unspecified atom stereocenters. The molecule has 0 aliphatic rings. The molecule has 1 atom stereocenters. The zero-order valence-electron chi connectivity index (χ0n) is 9.21. The van der Waals surface area contributed by atoms with E-state index < -0.39 is 0 Å². The molecule has 0 bridgehead atoms. The number of rotatable bonds is 7. The molecule has 3 nitrogen and oxygen atoms in total. The maximum absolute atomic E-state index is 4.30. The second-order valence-electron chi connectivity index (χ2n) is 3.58. The van der Waals surface area contributed by atoms with Crippen molar-refractivity contribution in [3.05, 3.63) is 18.2 Å². The molecule has 0 spiro atoms. The van der Waals surface area contributed by atoms with Gasteiger partial charge in [-0.15, -0.1) is 0 Å². The predicted octanol–water partition coefficient (Wildman–Crippen LogP) is 2.64. The maximum atomic E-state index is 4.30. The van der Waals surface area contributed by atoms with Gasteiger partial charge in [0.15, 0.2) is 0 Å². The maximum Gasteiger partial charge on any atom is 0.123 e. The lowest BCUT2D eigenvalue weighted by Crippen LogP contribution is -2.21. The summed E-state index contributed by atoms with van der Waals surface area (Å²) in [6, 6.07) is 0.404. The SMILES string of the molecule is CCCCCC(NCC)c1ncc[nH]1. The Morgan fingerprint density at radius 1 is 1.43 bits per heavy atom. The van der Waals surface area contributed by atoms with Crippen LogP contribution in [0.25, 0.3) is 0 Å². The Labute approximate surface area is 86.3 Å². The average molecular weight is 195 g/mol. The Morgan fingerprint density at radius 2 is 2.29 bits per heavy atom. The lowest BCUT2D eigenvalue weighted by atomic mass is 10.1. The monoisotopic (exact) mass is 195 g/mol. The van der Waals surface area contributed by atoms with Gasteiger partial charge in [0.05, 0.1) is 6.04 Å². The van der Waals surface area contributed by atoms with E-state index in [1.807, 2.05) is 12.4 Å². The normalized spacial score (nSPS) is 13.0. The highest BCUT2D eigenvalue weighted by Gasteiger charge is 2.11. The molecular formula is C11H21N3. The summed E-state index contributed by atoms with van der Waals surface area (Å²) in [7, 11) is 0. The molecule has 0 saturated carbocycles. The number of aromatic nitrogens is 2. The van der Waals surface area contributed by atoms with Crippen molar-refractivity contribution in [3.8, 4) is 0 Å². The highest BCUT2D eigenvalue weighted by Crippen LogP contribution is 2.15. The van der Waals surface area contributed by atoms with E-state index in [-0.39, 0.29) is 0 Å². The summed E-state index contributed by atoms with van der Waals surface area (Å²) in [5.74, 6) is 1.07. The van der Waals surface area contributed by atoms with Crippen LogP contribution in [-0.2, 0) is 0 Å². The summed E-state index contributed by atoms with van der Waals surface area (Å²) in [4.78, 5) is 7.47. The van der Waals surface area contributed by atoms with E-state index in [9.17, 15) is 0 Å². The third kappa shape index (κ3) is 3.50. The first-order valence-corrected chi connectivity index (χ1v) is 5.61.